The third-order valence-corrected chi connectivity index (χ3v) is 3.74. The van der Waals surface area contributed by atoms with Gasteiger partial charge < -0.3 is 10.8 Å². The Morgan fingerprint density at radius 2 is 1.94 bits per heavy atom. The van der Waals surface area contributed by atoms with Gasteiger partial charge >= 0.3 is 0 Å². The molecule has 90 valence electrons. The van der Waals surface area contributed by atoms with E-state index in [1.165, 1.54) is 12.1 Å². The van der Waals surface area contributed by atoms with Gasteiger partial charge in [-0.1, -0.05) is 12.1 Å². The molecule has 0 saturated carbocycles. The Morgan fingerprint density at radius 1 is 1.44 bits per heavy atom. The average Bonchev–Trinajstić information content (AvgIpc) is 2.26. The lowest BCUT2D eigenvalue weighted by atomic mass is 10.1. The molecule has 1 rings (SSSR count). The average molecular weight is 265 g/mol. The van der Waals surface area contributed by atoms with E-state index >= 15 is 0 Å². The molecule has 0 bridgehead atoms. The first kappa shape index (κ1) is 13.2. The van der Waals surface area contributed by atoms with Gasteiger partial charge in [0.2, 0.25) is 10.0 Å². The van der Waals surface area contributed by atoms with Crippen LogP contribution in [0.5, 0.6) is 0 Å². The second-order valence-corrected chi connectivity index (χ2v) is 5.69. The van der Waals surface area contributed by atoms with Crippen molar-refractivity contribution in [1.29, 1.82) is 0 Å². The molecule has 1 atom stereocenters. The van der Waals surface area contributed by atoms with E-state index in [1.54, 1.807) is 12.1 Å². The van der Waals surface area contributed by atoms with E-state index in [0.717, 1.165) is 6.26 Å². The van der Waals surface area contributed by atoms with Crippen molar-refractivity contribution >= 4 is 27.5 Å². The fourth-order valence-corrected chi connectivity index (χ4v) is 1.76. The topological polar surface area (TPSA) is 83.6 Å². The minimum Gasteiger partial charge on any atom is -0.387 e. The van der Waals surface area contributed by atoms with Crippen LogP contribution in [-0.2, 0) is 10.0 Å². The largest absolute Gasteiger partial charge is 0.387 e. The lowest BCUT2D eigenvalue weighted by Crippen LogP contribution is -2.19. The van der Waals surface area contributed by atoms with Crippen molar-refractivity contribution in [2.24, 2.45) is 5.73 Å². The van der Waals surface area contributed by atoms with E-state index in [1.807, 2.05) is 0 Å². The molecule has 0 fully saturated rings. The van der Waals surface area contributed by atoms with Crippen molar-refractivity contribution in [3.8, 4) is 0 Å². The van der Waals surface area contributed by atoms with Crippen LogP contribution in [0.2, 0.25) is 0 Å². The third kappa shape index (κ3) is 3.08. The number of benzene rings is 1. The zero-order valence-electron chi connectivity index (χ0n) is 8.67. The maximum Gasteiger partial charge on any atom is 0.246 e. The van der Waals surface area contributed by atoms with E-state index in [2.05, 4.69) is 0 Å². The second-order valence-electron chi connectivity index (χ2n) is 3.32. The fourth-order valence-electron chi connectivity index (χ4n) is 1.14. The first-order valence-corrected chi connectivity index (χ1v) is 6.69. The summed E-state index contributed by atoms with van der Waals surface area (Å²) in [4.78, 5) is 0. The molecule has 0 aromatic heterocycles. The number of nitrogens with two attached hydrogens (primary N) is 1. The fraction of sp³-hybridized carbons (Fsp3) is 0.333. The smallest absolute Gasteiger partial charge is 0.246 e. The number of sulfonamides is 1. The molecule has 1 aromatic carbocycles. The van der Waals surface area contributed by atoms with E-state index in [-0.39, 0.29) is 6.54 Å². The van der Waals surface area contributed by atoms with Crippen molar-refractivity contribution in [2.45, 2.75) is 6.10 Å². The molecule has 0 spiro atoms. The maximum absolute atomic E-state index is 11.1. The summed E-state index contributed by atoms with van der Waals surface area (Å²) in [6.07, 6.45) is 0.249. The van der Waals surface area contributed by atoms with Crippen LogP contribution >= 0.6 is 11.8 Å². The standard InChI is InChI=1S/C9H13ClN2O3S/c1-16(14,15)12(10)8-4-2-7(3-5-8)9(13)6-11/h2-5,9,13H,6,11H2,1H3. The normalized spacial score (nSPS) is 13.5. The Morgan fingerprint density at radius 3 is 2.31 bits per heavy atom. The van der Waals surface area contributed by atoms with E-state index < -0.39 is 16.1 Å². The molecule has 0 aliphatic carbocycles. The van der Waals surface area contributed by atoms with E-state index in [0.29, 0.717) is 15.1 Å². The lowest BCUT2D eigenvalue weighted by Gasteiger charge is -2.14. The highest BCUT2D eigenvalue weighted by atomic mass is 35.5. The highest BCUT2D eigenvalue weighted by molar-refractivity contribution is 7.93. The summed E-state index contributed by atoms with van der Waals surface area (Å²) in [5, 5.41) is 9.43. The number of hydrogen-bond acceptors (Lipinski definition) is 4. The number of halogens is 1. The Labute approximate surface area is 99.6 Å². The van der Waals surface area contributed by atoms with Gasteiger partial charge in [-0.25, -0.2) is 8.42 Å². The molecule has 0 aliphatic heterocycles. The van der Waals surface area contributed by atoms with Crippen LogP contribution in [0.4, 0.5) is 5.69 Å². The summed E-state index contributed by atoms with van der Waals surface area (Å²) < 4.78 is 22.9. The zero-order chi connectivity index (χ0) is 12.3. The Hall–Kier alpha value is -0.820. The number of aliphatic hydroxyl groups is 1. The first-order chi connectivity index (χ1) is 7.36. The molecule has 16 heavy (non-hydrogen) atoms. The first-order valence-electron chi connectivity index (χ1n) is 4.50. The Kier molecular flexibility index (Phi) is 4.15. The highest BCUT2D eigenvalue weighted by Crippen LogP contribution is 2.22. The maximum atomic E-state index is 11.1. The molecular formula is C9H13ClN2O3S. The van der Waals surface area contributed by atoms with Gasteiger partial charge in [-0.15, -0.1) is 0 Å². The van der Waals surface area contributed by atoms with Gasteiger partial charge in [0.25, 0.3) is 0 Å². The molecule has 3 N–H and O–H groups in total. The lowest BCUT2D eigenvalue weighted by molar-refractivity contribution is 0.187. The van der Waals surface area contributed by atoms with Gasteiger partial charge in [-0.2, -0.15) is 3.82 Å². The van der Waals surface area contributed by atoms with Crippen LogP contribution in [0.25, 0.3) is 0 Å². The summed E-state index contributed by atoms with van der Waals surface area (Å²) in [5.74, 6) is 0. The zero-order valence-corrected chi connectivity index (χ0v) is 10.2. The van der Waals surface area contributed by atoms with Gasteiger partial charge in [-0.05, 0) is 17.7 Å². The van der Waals surface area contributed by atoms with Crippen molar-refractivity contribution < 1.29 is 13.5 Å². The van der Waals surface area contributed by atoms with Crippen LogP contribution in [0.3, 0.4) is 0 Å². The van der Waals surface area contributed by atoms with Crippen LogP contribution in [0.15, 0.2) is 24.3 Å². The molecule has 0 heterocycles. The summed E-state index contributed by atoms with van der Waals surface area (Å²) in [6.45, 7) is 0.107. The van der Waals surface area contributed by atoms with Crippen LogP contribution in [0, 0.1) is 0 Å². The van der Waals surface area contributed by atoms with Gasteiger partial charge in [0, 0.05) is 18.3 Å². The highest BCUT2D eigenvalue weighted by Gasteiger charge is 2.15. The van der Waals surface area contributed by atoms with Gasteiger partial charge in [0.15, 0.2) is 0 Å². The Balaban J connectivity index is 2.96. The molecule has 1 aromatic rings. The summed E-state index contributed by atoms with van der Waals surface area (Å²) in [6, 6.07) is 6.16. The minimum absolute atomic E-state index is 0.107. The number of hydrogen-bond donors (Lipinski definition) is 2. The second kappa shape index (κ2) is 5.01. The summed E-state index contributed by atoms with van der Waals surface area (Å²) >= 11 is 5.61. The predicted molar refractivity (Wildman–Crippen MR) is 63.6 cm³/mol. The van der Waals surface area contributed by atoms with E-state index in [4.69, 9.17) is 17.5 Å². The monoisotopic (exact) mass is 264 g/mol. The van der Waals surface area contributed by atoms with Crippen LogP contribution < -0.4 is 9.56 Å². The summed E-state index contributed by atoms with van der Waals surface area (Å²) in [5.41, 5.74) is 6.22. The third-order valence-electron chi connectivity index (χ3n) is 2.00. The van der Waals surface area contributed by atoms with Crippen molar-refractivity contribution in [3.05, 3.63) is 29.8 Å². The summed E-state index contributed by atoms with van der Waals surface area (Å²) in [7, 11) is -3.48. The number of aliphatic hydroxyl groups excluding tert-OH is 1. The van der Waals surface area contributed by atoms with Crippen molar-refractivity contribution in [2.75, 3.05) is 16.6 Å². The SMILES string of the molecule is CS(=O)(=O)N(Cl)c1ccc(C(O)CN)cc1. The molecular weight excluding hydrogens is 252 g/mol. The number of rotatable bonds is 4. The minimum atomic E-state index is -3.48. The van der Waals surface area contributed by atoms with Gasteiger partial charge in [0.1, 0.15) is 0 Å². The molecule has 0 saturated heterocycles. The molecule has 0 amide bonds. The predicted octanol–water partition coefficient (Wildman–Crippen LogP) is 0.599. The Bertz CT molecular complexity index is 446. The molecule has 7 heteroatoms. The van der Waals surface area contributed by atoms with Crippen LogP contribution in [0.1, 0.15) is 11.7 Å². The van der Waals surface area contributed by atoms with Crippen molar-refractivity contribution in [3.63, 3.8) is 0 Å². The van der Waals surface area contributed by atoms with Crippen molar-refractivity contribution in [1.82, 2.24) is 0 Å². The number of nitrogens with zero attached hydrogens (tertiary/aromatic N) is 1. The van der Waals surface area contributed by atoms with Gasteiger partial charge in [-0.3, -0.25) is 0 Å². The molecule has 1 unspecified atom stereocenters. The van der Waals surface area contributed by atoms with Gasteiger partial charge in [0.05, 0.1) is 18.0 Å². The molecule has 5 nitrogen and oxygen atoms in total. The molecule has 0 aliphatic rings. The number of anilines is 1. The quantitative estimate of drug-likeness (QED) is 0.780. The molecule has 0 radical (unpaired) electrons. The van der Waals surface area contributed by atoms with Crippen LogP contribution in [-0.4, -0.2) is 26.3 Å². The van der Waals surface area contributed by atoms with E-state index in [9.17, 15) is 13.5 Å².